The van der Waals surface area contributed by atoms with Crippen LogP contribution in [0.1, 0.15) is 5.56 Å². The van der Waals surface area contributed by atoms with E-state index < -0.39 is 5.97 Å². The summed E-state index contributed by atoms with van der Waals surface area (Å²) in [5.74, 6) is -0.393. The van der Waals surface area contributed by atoms with Crippen molar-refractivity contribution in [3.8, 4) is 0 Å². The summed E-state index contributed by atoms with van der Waals surface area (Å²) < 4.78 is 4.89. The molecule has 0 saturated heterocycles. The molecule has 1 aromatic rings. The molecule has 0 saturated carbocycles. The molecule has 0 amide bonds. The Bertz CT molecular complexity index is 335. The fraction of sp³-hybridized carbons (Fsp3) is 0.167. The van der Waals surface area contributed by atoms with Crippen LogP contribution in [-0.4, -0.2) is 12.6 Å². The predicted molar refractivity (Wildman–Crippen MR) is 54.8 cm³/mol. The summed E-state index contributed by atoms with van der Waals surface area (Å²) in [7, 11) is 0. The zero-order valence-electron chi connectivity index (χ0n) is 7.90. The van der Waals surface area contributed by atoms with Crippen LogP contribution in [0, 0.1) is 0 Å². The van der Waals surface area contributed by atoms with E-state index in [4.69, 9.17) is 4.74 Å². The maximum absolute atomic E-state index is 10.9. The maximum atomic E-state index is 10.9. The SMILES string of the molecule is C=C=CC(=O)OCCc1ccccc1. The average Bonchev–Trinajstić information content (AvgIpc) is 2.20. The minimum Gasteiger partial charge on any atom is -0.462 e. The number of carbonyl (C=O) groups excluding carboxylic acids is 1. The van der Waals surface area contributed by atoms with E-state index >= 15 is 0 Å². The second-order valence-corrected chi connectivity index (χ2v) is 2.75. The minimum absolute atomic E-state index is 0.390. The smallest absolute Gasteiger partial charge is 0.338 e. The fourth-order valence-corrected chi connectivity index (χ4v) is 1.04. The largest absolute Gasteiger partial charge is 0.462 e. The number of benzene rings is 1. The molecule has 0 aliphatic carbocycles. The van der Waals surface area contributed by atoms with E-state index in [-0.39, 0.29) is 0 Å². The first-order chi connectivity index (χ1) is 6.83. The molecule has 0 radical (unpaired) electrons. The zero-order chi connectivity index (χ0) is 10.2. The van der Waals surface area contributed by atoms with Crippen LogP contribution < -0.4 is 0 Å². The average molecular weight is 188 g/mol. The topological polar surface area (TPSA) is 26.3 Å². The Morgan fingerprint density at radius 2 is 2.14 bits per heavy atom. The Kier molecular flexibility index (Phi) is 4.25. The molecule has 2 nitrogen and oxygen atoms in total. The molecule has 2 heteroatoms. The zero-order valence-corrected chi connectivity index (χ0v) is 7.90. The van der Waals surface area contributed by atoms with Crippen molar-refractivity contribution in [1.29, 1.82) is 0 Å². The van der Waals surface area contributed by atoms with Gasteiger partial charge in [0.15, 0.2) is 0 Å². The van der Waals surface area contributed by atoms with E-state index in [1.165, 1.54) is 6.08 Å². The number of esters is 1. The second kappa shape index (κ2) is 5.79. The summed E-state index contributed by atoms with van der Waals surface area (Å²) in [5, 5.41) is 0. The number of hydrogen-bond acceptors (Lipinski definition) is 2. The van der Waals surface area contributed by atoms with Gasteiger partial charge in [-0.15, -0.1) is 5.73 Å². The summed E-state index contributed by atoms with van der Waals surface area (Å²) in [5.41, 5.74) is 3.52. The van der Waals surface area contributed by atoms with Gasteiger partial charge in [0.05, 0.1) is 12.7 Å². The predicted octanol–water partition coefficient (Wildman–Crippen LogP) is 2.11. The summed E-state index contributed by atoms with van der Waals surface area (Å²) in [4.78, 5) is 10.9. The van der Waals surface area contributed by atoms with Gasteiger partial charge in [-0.25, -0.2) is 4.79 Å². The Labute approximate surface area is 83.5 Å². The third kappa shape index (κ3) is 3.74. The van der Waals surface area contributed by atoms with Gasteiger partial charge in [0, 0.05) is 6.42 Å². The first-order valence-electron chi connectivity index (χ1n) is 4.39. The summed E-state index contributed by atoms with van der Waals surface area (Å²) >= 11 is 0. The van der Waals surface area contributed by atoms with Crippen LogP contribution in [0.5, 0.6) is 0 Å². The molecule has 0 spiro atoms. The monoisotopic (exact) mass is 188 g/mol. The number of rotatable bonds is 4. The molecule has 72 valence electrons. The lowest BCUT2D eigenvalue weighted by Gasteiger charge is -2.01. The van der Waals surface area contributed by atoms with Crippen LogP contribution in [0.4, 0.5) is 0 Å². The molecule has 0 atom stereocenters. The van der Waals surface area contributed by atoms with Crippen molar-refractivity contribution in [2.24, 2.45) is 0 Å². The van der Waals surface area contributed by atoms with Crippen LogP contribution in [0.2, 0.25) is 0 Å². The van der Waals surface area contributed by atoms with Crippen molar-refractivity contribution in [2.75, 3.05) is 6.61 Å². The van der Waals surface area contributed by atoms with Gasteiger partial charge in [-0.2, -0.15) is 0 Å². The van der Waals surface area contributed by atoms with Gasteiger partial charge < -0.3 is 4.74 Å². The Balaban J connectivity index is 2.29. The molecule has 1 rings (SSSR count). The minimum atomic E-state index is -0.393. The third-order valence-corrected chi connectivity index (χ3v) is 1.70. The van der Waals surface area contributed by atoms with Gasteiger partial charge in [0.25, 0.3) is 0 Å². The van der Waals surface area contributed by atoms with E-state index in [2.05, 4.69) is 12.3 Å². The summed E-state index contributed by atoms with van der Waals surface area (Å²) in [6.45, 7) is 3.68. The van der Waals surface area contributed by atoms with Crippen LogP contribution in [-0.2, 0) is 16.0 Å². The van der Waals surface area contributed by atoms with Crippen molar-refractivity contribution in [1.82, 2.24) is 0 Å². The molecule has 0 aliphatic rings. The van der Waals surface area contributed by atoms with Gasteiger partial charge in [0.2, 0.25) is 0 Å². The van der Waals surface area contributed by atoms with E-state index in [1.54, 1.807) is 0 Å². The summed E-state index contributed by atoms with van der Waals surface area (Å²) in [6.07, 6.45) is 1.92. The molecule has 0 N–H and O–H groups in total. The van der Waals surface area contributed by atoms with E-state index in [0.29, 0.717) is 6.61 Å². The normalized spacial score (nSPS) is 8.86. The second-order valence-electron chi connectivity index (χ2n) is 2.75. The molecule has 0 heterocycles. The highest BCUT2D eigenvalue weighted by Crippen LogP contribution is 1.99. The molecule has 0 aliphatic heterocycles. The molecule has 0 unspecified atom stereocenters. The van der Waals surface area contributed by atoms with Crippen molar-refractivity contribution in [2.45, 2.75) is 6.42 Å². The Morgan fingerprint density at radius 3 is 2.79 bits per heavy atom. The van der Waals surface area contributed by atoms with Gasteiger partial charge in [-0.1, -0.05) is 36.9 Å². The van der Waals surface area contributed by atoms with Crippen molar-refractivity contribution >= 4 is 5.97 Å². The molecular formula is C12H12O2. The van der Waals surface area contributed by atoms with Crippen LogP contribution in [0.25, 0.3) is 0 Å². The molecule has 0 bridgehead atoms. The number of hydrogen-bond donors (Lipinski definition) is 0. The molecule has 1 aromatic carbocycles. The van der Waals surface area contributed by atoms with E-state index in [0.717, 1.165) is 12.0 Å². The molecule has 14 heavy (non-hydrogen) atoms. The van der Waals surface area contributed by atoms with Crippen molar-refractivity contribution in [3.05, 3.63) is 54.3 Å². The summed E-state index contributed by atoms with van der Waals surface area (Å²) in [6, 6.07) is 9.87. The van der Waals surface area contributed by atoms with Gasteiger partial charge >= 0.3 is 5.97 Å². The van der Waals surface area contributed by atoms with Gasteiger partial charge in [-0.3, -0.25) is 0 Å². The quantitative estimate of drug-likeness (QED) is 0.411. The van der Waals surface area contributed by atoms with Gasteiger partial charge in [-0.05, 0) is 5.56 Å². The lowest BCUT2D eigenvalue weighted by Crippen LogP contribution is -2.04. The standard InChI is InChI=1S/C12H12O2/c1-2-6-12(13)14-10-9-11-7-4-3-5-8-11/h3-8H,1,9-10H2. The van der Waals surface area contributed by atoms with Gasteiger partial charge in [0.1, 0.15) is 0 Å². The molecule has 0 fully saturated rings. The Morgan fingerprint density at radius 1 is 1.43 bits per heavy atom. The fourth-order valence-electron chi connectivity index (χ4n) is 1.04. The maximum Gasteiger partial charge on any atom is 0.338 e. The Hall–Kier alpha value is -1.79. The lowest BCUT2D eigenvalue weighted by atomic mass is 10.2. The highest BCUT2D eigenvalue weighted by atomic mass is 16.5. The molecular weight excluding hydrogens is 176 g/mol. The van der Waals surface area contributed by atoms with Crippen LogP contribution in [0.15, 0.2) is 48.7 Å². The molecule has 0 aromatic heterocycles. The van der Waals surface area contributed by atoms with Crippen LogP contribution in [0.3, 0.4) is 0 Å². The van der Waals surface area contributed by atoms with E-state index in [9.17, 15) is 4.79 Å². The lowest BCUT2D eigenvalue weighted by molar-refractivity contribution is -0.137. The number of carbonyl (C=O) groups is 1. The third-order valence-electron chi connectivity index (χ3n) is 1.70. The first kappa shape index (κ1) is 10.3. The van der Waals surface area contributed by atoms with E-state index in [1.807, 2.05) is 30.3 Å². The highest BCUT2D eigenvalue weighted by molar-refractivity contribution is 5.81. The highest BCUT2D eigenvalue weighted by Gasteiger charge is 1.96. The van der Waals surface area contributed by atoms with Crippen LogP contribution >= 0.6 is 0 Å². The van der Waals surface area contributed by atoms with Crippen molar-refractivity contribution < 1.29 is 9.53 Å². The number of ether oxygens (including phenoxy) is 1. The first-order valence-corrected chi connectivity index (χ1v) is 4.39. The van der Waals surface area contributed by atoms with Crippen molar-refractivity contribution in [3.63, 3.8) is 0 Å².